The van der Waals surface area contributed by atoms with E-state index in [4.69, 9.17) is 4.74 Å². The summed E-state index contributed by atoms with van der Waals surface area (Å²) >= 11 is 0. The Bertz CT molecular complexity index is 1680. The van der Waals surface area contributed by atoms with Gasteiger partial charge in [0.15, 0.2) is 11.4 Å². The minimum Gasteiger partial charge on any atom is -0.453 e. The van der Waals surface area contributed by atoms with Crippen molar-refractivity contribution in [2.24, 2.45) is 0 Å². The first-order valence-corrected chi connectivity index (χ1v) is 13.0. The summed E-state index contributed by atoms with van der Waals surface area (Å²) in [5.41, 5.74) is 4.55. The monoisotopic (exact) mass is 530 g/mol. The van der Waals surface area contributed by atoms with Crippen molar-refractivity contribution in [3.63, 3.8) is 0 Å². The number of nitrogens with one attached hydrogen (secondary N) is 2. The van der Waals surface area contributed by atoms with Crippen LogP contribution in [0.2, 0.25) is 0 Å². The summed E-state index contributed by atoms with van der Waals surface area (Å²) in [5, 5.41) is 10.6. The number of nitrogens with zero attached hydrogens (tertiary/aromatic N) is 2. The molecule has 200 valence electrons. The van der Waals surface area contributed by atoms with E-state index in [1.54, 1.807) is 24.3 Å². The zero-order chi connectivity index (χ0) is 28.1. The zero-order valence-corrected chi connectivity index (χ0v) is 22.6. The van der Waals surface area contributed by atoms with E-state index in [1.165, 1.54) is 10.9 Å². The molecule has 1 heterocycles. The van der Waals surface area contributed by atoms with Crippen LogP contribution in [-0.2, 0) is 0 Å². The van der Waals surface area contributed by atoms with E-state index in [2.05, 4.69) is 15.7 Å². The molecule has 2 N–H and O–H groups in total. The lowest BCUT2D eigenvalue weighted by Crippen LogP contribution is -2.26. The number of rotatable bonds is 8. The van der Waals surface area contributed by atoms with Crippen molar-refractivity contribution >= 4 is 17.3 Å². The Morgan fingerprint density at radius 3 is 2.23 bits per heavy atom. The van der Waals surface area contributed by atoms with Crippen molar-refractivity contribution in [3.05, 3.63) is 142 Å². The second-order valence-corrected chi connectivity index (χ2v) is 9.67. The molecular weight excluding hydrogens is 500 g/mol. The van der Waals surface area contributed by atoms with Crippen LogP contribution in [-0.4, -0.2) is 15.7 Å². The Kier molecular flexibility index (Phi) is 7.73. The van der Waals surface area contributed by atoms with Crippen LogP contribution in [0.1, 0.15) is 40.0 Å². The van der Waals surface area contributed by atoms with Crippen LogP contribution in [0.4, 0.5) is 11.4 Å². The van der Waals surface area contributed by atoms with Gasteiger partial charge in [-0.1, -0.05) is 60.7 Å². The Balaban J connectivity index is 1.48. The minimum absolute atomic E-state index is 0.165. The molecule has 1 atom stereocenters. The average Bonchev–Trinajstić information content (AvgIpc) is 2.95. The lowest BCUT2D eigenvalue weighted by molar-refractivity contribution is 0.0940. The lowest BCUT2D eigenvalue weighted by Gasteiger charge is -2.16. The predicted octanol–water partition coefficient (Wildman–Crippen LogP) is 6.88. The van der Waals surface area contributed by atoms with E-state index in [-0.39, 0.29) is 28.9 Å². The second kappa shape index (κ2) is 11.7. The lowest BCUT2D eigenvalue weighted by atomic mass is 10.1. The topological polar surface area (TPSA) is 85.2 Å². The highest BCUT2D eigenvalue weighted by Gasteiger charge is 2.17. The third kappa shape index (κ3) is 6.10. The van der Waals surface area contributed by atoms with Crippen LogP contribution in [0.5, 0.6) is 11.5 Å². The van der Waals surface area contributed by atoms with Gasteiger partial charge >= 0.3 is 0 Å². The first kappa shape index (κ1) is 26.4. The molecule has 0 spiro atoms. The summed E-state index contributed by atoms with van der Waals surface area (Å²) in [6, 6.07) is 31.6. The molecule has 0 saturated heterocycles. The van der Waals surface area contributed by atoms with Crippen LogP contribution in [0.3, 0.4) is 0 Å². The number of anilines is 2. The average molecular weight is 531 g/mol. The summed E-state index contributed by atoms with van der Waals surface area (Å²) < 4.78 is 7.49. The number of para-hydroxylation sites is 1. The number of ether oxygens (including phenoxy) is 1. The fraction of sp³-hybridized carbons (Fsp3) is 0.121. The Morgan fingerprint density at radius 1 is 0.850 bits per heavy atom. The molecule has 0 unspecified atom stereocenters. The number of hydrogen-bond acceptors (Lipinski definition) is 5. The van der Waals surface area contributed by atoms with Crippen LogP contribution >= 0.6 is 0 Å². The number of aryl methyl sites for hydroxylation is 2. The molecule has 40 heavy (non-hydrogen) atoms. The van der Waals surface area contributed by atoms with Crippen LogP contribution in [0, 0.1) is 13.8 Å². The maximum Gasteiger partial charge on any atom is 0.299 e. The molecule has 5 rings (SSSR count). The van der Waals surface area contributed by atoms with Crippen LogP contribution in [0.25, 0.3) is 5.69 Å². The number of amides is 1. The highest BCUT2D eigenvalue weighted by molar-refractivity contribution is 5.95. The van der Waals surface area contributed by atoms with Gasteiger partial charge in [-0.05, 0) is 79.9 Å². The molecule has 7 nitrogen and oxygen atoms in total. The fourth-order valence-electron chi connectivity index (χ4n) is 4.49. The number of hydrogen-bond donors (Lipinski definition) is 2. The molecule has 0 radical (unpaired) electrons. The van der Waals surface area contributed by atoms with Crippen LogP contribution < -0.4 is 20.9 Å². The first-order valence-electron chi connectivity index (χ1n) is 13.0. The molecule has 4 aromatic carbocycles. The van der Waals surface area contributed by atoms with Crippen molar-refractivity contribution < 1.29 is 9.53 Å². The molecule has 0 aliphatic heterocycles. The smallest absolute Gasteiger partial charge is 0.299 e. The molecule has 1 aromatic heterocycles. The van der Waals surface area contributed by atoms with Crippen molar-refractivity contribution in [1.82, 2.24) is 15.1 Å². The summed E-state index contributed by atoms with van der Waals surface area (Å²) in [6.45, 7) is 5.91. The molecule has 0 fully saturated rings. The zero-order valence-electron chi connectivity index (χ0n) is 22.6. The largest absolute Gasteiger partial charge is 0.453 e. The van der Waals surface area contributed by atoms with E-state index in [0.29, 0.717) is 22.7 Å². The third-order valence-corrected chi connectivity index (χ3v) is 6.41. The molecule has 7 heteroatoms. The van der Waals surface area contributed by atoms with E-state index in [1.807, 2.05) is 99.6 Å². The van der Waals surface area contributed by atoms with E-state index >= 15 is 0 Å². The number of aromatic nitrogens is 2. The molecule has 0 saturated carbocycles. The van der Waals surface area contributed by atoms with Gasteiger partial charge in [-0.15, -0.1) is 0 Å². The minimum atomic E-state index is -0.388. The van der Waals surface area contributed by atoms with E-state index in [9.17, 15) is 9.59 Å². The fourth-order valence-corrected chi connectivity index (χ4v) is 4.49. The van der Waals surface area contributed by atoms with Crippen molar-refractivity contribution in [2.75, 3.05) is 5.32 Å². The van der Waals surface area contributed by atoms with Gasteiger partial charge in [0.2, 0.25) is 0 Å². The van der Waals surface area contributed by atoms with Crippen molar-refractivity contribution in [3.8, 4) is 17.2 Å². The third-order valence-electron chi connectivity index (χ3n) is 6.41. The first-order chi connectivity index (χ1) is 19.4. The van der Waals surface area contributed by atoms with Crippen molar-refractivity contribution in [1.29, 1.82) is 0 Å². The standard InChI is InChI=1S/C33H30N4O3/c1-22-17-23(2)19-29(18-22)40-30-21-34-37(28-15-8-5-9-16-28)33(39)31(30)36-27-14-10-13-26(20-27)32(38)35-24(3)25-11-6-4-7-12-25/h4-21,24,36H,1-3H3,(H,35,38)/t24-/m0/s1. The predicted molar refractivity (Wildman–Crippen MR) is 158 cm³/mol. The summed E-state index contributed by atoms with van der Waals surface area (Å²) in [4.78, 5) is 26.8. The Morgan fingerprint density at radius 2 is 1.52 bits per heavy atom. The van der Waals surface area contributed by atoms with E-state index in [0.717, 1.165) is 16.7 Å². The summed E-state index contributed by atoms with van der Waals surface area (Å²) in [7, 11) is 0. The van der Waals surface area contributed by atoms with Crippen LogP contribution in [0.15, 0.2) is 114 Å². The summed E-state index contributed by atoms with van der Waals surface area (Å²) in [5.74, 6) is 0.653. The normalized spacial score (nSPS) is 11.5. The van der Waals surface area contributed by atoms with Gasteiger partial charge in [-0.3, -0.25) is 9.59 Å². The number of carbonyl (C=O) groups is 1. The van der Waals surface area contributed by atoms with Gasteiger partial charge in [-0.25, -0.2) is 0 Å². The highest BCUT2D eigenvalue weighted by Crippen LogP contribution is 2.30. The maximum absolute atomic E-state index is 13.7. The Hall–Kier alpha value is -5.17. The molecule has 0 aliphatic carbocycles. The van der Waals surface area contributed by atoms with Crippen molar-refractivity contribution in [2.45, 2.75) is 26.8 Å². The number of benzene rings is 4. The summed E-state index contributed by atoms with van der Waals surface area (Å²) in [6.07, 6.45) is 1.52. The Labute approximate surface area is 233 Å². The molecule has 0 aliphatic rings. The molecule has 5 aromatic rings. The van der Waals surface area contributed by atoms with Gasteiger partial charge in [-0.2, -0.15) is 9.78 Å². The SMILES string of the molecule is Cc1cc(C)cc(Oc2cnn(-c3ccccc3)c(=O)c2Nc2cccc(C(=O)N[C@@H](C)c3ccccc3)c2)c1. The van der Waals surface area contributed by atoms with Gasteiger partial charge in [0.25, 0.3) is 11.5 Å². The molecule has 1 amide bonds. The van der Waals surface area contributed by atoms with Gasteiger partial charge in [0, 0.05) is 11.3 Å². The van der Waals surface area contributed by atoms with Gasteiger partial charge in [0.05, 0.1) is 17.9 Å². The molecular formula is C33H30N4O3. The quantitative estimate of drug-likeness (QED) is 0.229. The second-order valence-electron chi connectivity index (χ2n) is 9.67. The maximum atomic E-state index is 13.7. The van der Waals surface area contributed by atoms with Gasteiger partial charge < -0.3 is 15.4 Å². The number of carbonyl (C=O) groups excluding carboxylic acids is 1. The molecule has 0 bridgehead atoms. The highest BCUT2D eigenvalue weighted by atomic mass is 16.5. The van der Waals surface area contributed by atoms with Gasteiger partial charge in [0.1, 0.15) is 5.75 Å². The van der Waals surface area contributed by atoms with E-state index < -0.39 is 0 Å².